The van der Waals surface area contributed by atoms with Crippen LogP contribution >= 0.6 is 23.2 Å². The van der Waals surface area contributed by atoms with Crippen molar-refractivity contribution in [3.63, 3.8) is 0 Å². The number of sulfonamides is 1. The van der Waals surface area contributed by atoms with E-state index in [9.17, 15) is 18.0 Å². The standard InChI is InChI=1S/C17H16Cl2N2O5S/c1-26-17(23)11-6-8-12(9-7-11)20-15(22)10-21(27(2,24)25)14-5-3-4-13(18)16(14)19/h3-9H,10H2,1-2H3,(H,20,22). The lowest BCUT2D eigenvalue weighted by Gasteiger charge is -2.23. The molecule has 0 aromatic heterocycles. The highest BCUT2D eigenvalue weighted by Gasteiger charge is 2.24. The second-order valence-electron chi connectivity index (χ2n) is 5.46. The molecule has 0 saturated carbocycles. The molecule has 1 N–H and O–H groups in total. The summed E-state index contributed by atoms with van der Waals surface area (Å²) in [5.41, 5.74) is 0.806. The van der Waals surface area contributed by atoms with Crippen LogP contribution in [-0.4, -0.2) is 40.2 Å². The van der Waals surface area contributed by atoms with E-state index in [-0.39, 0.29) is 15.7 Å². The van der Waals surface area contributed by atoms with Crippen LogP contribution in [0.15, 0.2) is 42.5 Å². The summed E-state index contributed by atoms with van der Waals surface area (Å²) in [6.07, 6.45) is 0.961. The normalized spacial score (nSPS) is 11.0. The van der Waals surface area contributed by atoms with E-state index in [2.05, 4.69) is 10.1 Å². The van der Waals surface area contributed by atoms with Crippen LogP contribution in [0.1, 0.15) is 10.4 Å². The number of benzene rings is 2. The maximum absolute atomic E-state index is 12.3. The molecular formula is C17H16Cl2N2O5S. The average Bonchev–Trinajstić information content (AvgIpc) is 2.61. The van der Waals surface area contributed by atoms with Gasteiger partial charge in [-0.25, -0.2) is 13.2 Å². The first kappa shape index (κ1) is 21.0. The Balaban J connectivity index is 2.20. The summed E-state index contributed by atoms with van der Waals surface area (Å²) in [6.45, 7) is -0.502. The summed E-state index contributed by atoms with van der Waals surface area (Å²) in [4.78, 5) is 23.7. The summed E-state index contributed by atoms with van der Waals surface area (Å²) in [5.74, 6) is -1.10. The minimum Gasteiger partial charge on any atom is -0.465 e. The molecule has 0 aliphatic rings. The Kier molecular flexibility index (Phi) is 6.69. The van der Waals surface area contributed by atoms with Crippen LogP contribution in [0.25, 0.3) is 0 Å². The SMILES string of the molecule is COC(=O)c1ccc(NC(=O)CN(c2cccc(Cl)c2Cl)S(C)(=O)=O)cc1. The van der Waals surface area contributed by atoms with Crippen LogP contribution in [0.2, 0.25) is 10.0 Å². The van der Waals surface area contributed by atoms with Crippen molar-refractivity contribution < 1.29 is 22.7 Å². The first-order chi connectivity index (χ1) is 12.6. The van der Waals surface area contributed by atoms with E-state index in [4.69, 9.17) is 23.2 Å². The van der Waals surface area contributed by atoms with Crippen molar-refractivity contribution in [2.45, 2.75) is 0 Å². The molecule has 7 nitrogen and oxygen atoms in total. The van der Waals surface area contributed by atoms with Crippen LogP contribution in [0.3, 0.4) is 0 Å². The third kappa shape index (κ3) is 5.35. The number of carbonyl (C=O) groups excluding carboxylic acids is 2. The van der Waals surface area contributed by atoms with Crippen molar-refractivity contribution in [3.05, 3.63) is 58.1 Å². The van der Waals surface area contributed by atoms with Crippen molar-refractivity contribution in [2.24, 2.45) is 0 Å². The summed E-state index contributed by atoms with van der Waals surface area (Å²) in [5, 5.41) is 2.76. The zero-order valence-corrected chi connectivity index (χ0v) is 16.7. The van der Waals surface area contributed by atoms with Gasteiger partial charge in [-0.3, -0.25) is 9.10 Å². The van der Waals surface area contributed by atoms with Crippen LogP contribution in [0.5, 0.6) is 0 Å². The Labute approximate surface area is 166 Å². The third-order valence-electron chi connectivity index (χ3n) is 3.48. The number of esters is 1. The highest BCUT2D eigenvalue weighted by Crippen LogP contribution is 2.33. The fourth-order valence-corrected chi connectivity index (χ4v) is 3.51. The largest absolute Gasteiger partial charge is 0.465 e. The van der Waals surface area contributed by atoms with E-state index in [1.807, 2.05) is 0 Å². The number of rotatable bonds is 6. The maximum atomic E-state index is 12.3. The zero-order chi connectivity index (χ0) is 20.2. The predicted octanol–water partition coefficient (Wildman–Crippen LogP) is 3.18. The summed E-state index contributed by atoms with van der Waals surface area (Å²) in [7, 11) is -2.54. The molecule has 0 aliphatic heterocycles. The third-order valence-corrected chi connectivity index (χ3v) is 5.41. The number of hydrogen-bond donors (Lipinski definition) is 1. The summed E-state index contributed by atoms with van der Waals surface area (Å²) >= 11 is 12.0. The molecule has 0 aliphatic carbocycles. The number of carbonyl (C=O) groups is 2. The number of hydrogen-bond acceptors (Lipinski definition) is 5. The van der Waals surface area contributed by atoms with Gasteiger partial charge in [-0.1, -0.05) is 29.3 Å². The Bertz CT molecular complexity index is 962. The van der Waals surface area contributed by atoms with Gasteiger partial charge in [0.25, 0.3) is 0 Å². The Hall–Kier alpha value is -2.29. The molecule has 2 rings (SSSR count). The minimum absolute atomic E-state index is 0.0276. The molecule has 0 heterocycles. The second-order valence-corrected chi connectivity index (χ2v) is 8.15. The number of methoxy groups -OCH3 is 1. The van der Waals surface area contributed by atoms with Crippen LogP contribution < -0.4 is 9.62 Å². The molecule has 0 unspecified atom stereocenters. The highest BCUT2D eigenvalue weighted by molar-refractivity contribution is 7.92. The van der Waals surface area contributed by atoms with Crippen molar-refractivity contribution >= 4 is 56.5 Å². The molecule has 0 saturated heterocycles. The van der Waals surface area contributed by atoms with E-state index in [1.165, 1.54) is 49.6 Å². The molecule has 0 radical (unpaired) electrons. The van der Waals surface area contributed by atoms with E-state index in [0.717, 1.165) is 10.6 Å². The van der Waals surface area contributed by atoms with Crippen LogP contribution in [0, 0.1) is 0 Å². The molecule has 0 bridgehead atoms. The highest BCUT2D eigenvalue weighted by atomic mass is 35.5. The molecular weight excluding hydrogens is 415 g/mol. The lowest BCUT2D eigenvalue weighted by Crippen LogP contribution is -2.37. The number of ether oxygens (including phenoxy) is 1. The van der Waals surface area contributed by atoms with E-state index in [1.54, 1.807) is 0 Å². The number of amides is 1. The topological polar surface area (TPSA) is 92.8 Å². The first-order valence-corrected chi connectivity index (χ1v) is 10.1. The molecule has 0 spiro atoms. The van der Waals surface area contributed by atoms with E-state index in [0.29, 0.717) is 11.3 Å². The summed E-state index contributed by atoms with van der Waals surface area (Å²) < 4.78 is 29.7. The fourth-order valence-electron chi connectivity index (χ4n) is 2.20. The van der Waals surface area contributed by atoms with Gasteiger partial charge < -0.3 is 10.1 Å². The van der Waals surface area contributed by atoms with Gasteiger partial charge in [0, 0.05) is 5.69 Å². The first-order valence-electron chi connectivity index (χ1n) is 7.53. The molecule has 0 atom stereocenters. The fraction of sp³-hybridized carbons (Fsp3) is 0.176. The number of nitrogens with one attached hydrogen (secondary N) is 1. The van der Waals surface area contributed by atoms with Gasteiger partial charge in [0.2, 0.25) is 15.9 Å². The van der Waals surface area contributed by atoms with Crippen LogP contribution in [-0.2, 0) is 19.6 Å². The van der Waals surface area contributed by atoms with Gasteiger partial charge in [0.1, 0.15) is 6.54 Å². The average molecular weight is 431 g/mol. The van der Waals surface area contributed by atoms with Gasteiger partial charge in [0.15, 0.2) is 0 Å². The molecule has 10 heteroatoms. The number of halogens is 2. The zero-order valence-electron chi connectivity index (χ0n) is 14.4. The van der Waals surface area contributed by atoms with Crippen molar-refractivity contribution in [2.75, 3.05) is 29.5 Å². The van der Waals surface area contributed by atoms with Gasteiger partial charge in [0.05, 0.1) is 34.7 Å². The predicted molar refractivity (Wildman–Crippen MR) is 105 cm³/mol. The number of nitrogens with zero attached hydrogens (tertiary/aromatic N) is 1. The Morgan fingerprint density at radius 1 is 1.11 bits per heavy atom. The number of anilines is 2. The van der Waals surface area contributed by atoms with Crippen molar-refractivity contribution in [1.82, 2.24) is 0 Å². The molecule has 0 fully saturated rings. The lowest BCUT2D eigenvalue weighted by atomic mass is 10.2. The molecule has 1 amide bonds. The molecule has 2 aromatic rings. The van der Waals surface area contributed by atoms with Crippen molar-refractivity contribution in [1.29, 1.82) is 0 Å². The maximum Gasteiger partial charge on any atom is 0.337 e. The van der Waals surface area contributed by atoms with Gasteiger partial charge in [-0.15, -0.1) is 0 Å². The monoisotopic (exact) mass is 430 g/mol. The van der Waals surface area contributed by atoms with Gasteiger partial charge >= 0.3 is 5.97 Å². The van der Waals surface area contributed by atoms with Gasteiger partial charge in [-0.05, 0) is 36.4 Å². The van der Waals surface area contributed by atoms with E-state index < -0.39 is 28.4 Å². The van der Waals surface area contributed by atoms with Gasteiger partial charge in [-0.2, -0.15) is 0 Å². The minimum atomic E-state index is -3.80. The second kappa shape index (κ2) is 8.60. The summed E-state index contributed by atoms with van der Waals surface area (Å²) in [6, 6.07) is 10.4. The molecule has 2 aromatic carbocycles. The Morgan fingerprint density at radius 2 is 1.74 bits per heavy atom. The molecule has 144 valence electrons. The lowest BCUT2D eigenvalue weighted by molar-refractivity contribution is -0.114. The van der Waals surface area contributed by atoms with E-state index >= 15 is 0 Å². The molecule has 27 heavy (non-hydrogen) atoms. The van der Waals surface area contributed by atoms with Crippen LogP contribution in [0.4, 0.5) is 11.4 Å². The smallest absolute Gasteiger partial charge is 0.337 e. The quantitative estimate of drug-likeness (QED) is 0.710. The Morgan fingerprint density at radius 3 is 2.30 bits per heavy atom. The van der Waals surface area contributed by atoms with Crippen molar-refractivity contribution in [3.8, 4) is 0 Å².